The van der Waals surface area contributed by atoms with E-state index in [2.05, 4.69) is 10.2 Å². The number of aliphatic hydroxyl groups excluding tert-OH is 1. The van der Waals surface area contributed by atoms with Crippen molar-refractivity contribution in [1.82, 2.24) is 14.5 Å². The second-order valence-electron chi connectivity index (χ2n) is 15.4. The van der Waals surface area contributed by atoms with Gasteiger partial charge in [0.05, 0.1) is 56.5 Å². The molecule has 3 saturated heterocycles. The van der Waals surface area contributed by atoms with Crippen LogP contribution in [0.15, 0.2) is 77.7 Å². The summed E-state index contributed by atoms with van der Waals surface area (Å²) in [4.78, 5) is 15.7. The van der Waals surface area contributed by atoms with Crippen molar-refractivity contribution in [2.24, 2.45) is 11.8 Å². The Morgan fingerprint density at radius 3 is 2.40 bits per heavy atom. The van der Waals surface area contributed by atoms with Crippen molar-refractivity contribution in [2.45, 2.75) is 62.7 Å². The zero-order valence-electron chi connectivity index (χ0n) is 33.6. The van der Waals surface area contributed by atoms with Crippen molar-refractivity contribution in [3.05, 3.63) is 83.9 Å². The average molecular weight is 846 g/mol. The predicted molar refractivity (Wildman–Crippen MR) is 216 cm³/mol. The predicted octanol–water partition coefficient (Wildman–Crippen LogP) is 4.96. The monoisotopic (exact) mass is 845 g/mol. The van der Waals surface area contributed by atoms with Crippen molar-refractivity contribution in [3.63, 3.8) is 0 Å². The molecule has 3 aliphatic heterocycles. The fourth-order valence-electron chi connectivity index (χ4n) is 7.20. The normalized spacial score (nSPS) is 21.9. The van der Waals surface area contributed by atoms with Crippen molar-refractivity contribution < 1.29 is 55.8 Å². The Morgan fingerprint density at radius 1 is 0.966 bits per heavy atom. The molecule has 3 aromatic rings. The fraction of sp³-hybridized carbons (Fsp3) is 0.537. The number of benzene rings is 3. The molecule has 0 aromatic heterocycles. The average Bonchev–Trinajstić information content (AvgIpc) is 3.82. The first-order chi connectivity index (χ1) is 27.8. The zero-order chi connectivity index (χ0) is 41.3. The van der Waals surface area contributed by atoms with Crippen LogP contribution < -0.4 is 19.3 Å². The number of fused-ring (bicyclic) bond motifs is 1. The highest BCUT2D eigenvalue weighted by atomic mass is 32.2. The number of hydrogen-bond acceptors (Lipinski definition) is 13. The van der Waals surface area contributed by atoms with E-state index < -0.39 is 48.0 Å². The number of morpholine rings is 1. The third-order valence-corrected chi connectivity index (χ3v) is 13.3. The lowest BCUT2D eigenvalue weighted by atomic mass is 10.0. The summed E-state index contributed by atoms with van der Waals surface area (Å²) in [6.45, 7) is 9.70. The van der Waals surface area contributed by atoms with Crippen LogP contribution in [0.3, 0.4) is 0 Å². The maximum absolute atomic E-state index is 13.9. The molecule has 3 fully saturated rings. The van der Waals surface area contributed by atoms with Gasteiger partial charge in [0.25, 0.3) is 7.37 Å². The summed E-state index contributed by atoms with van der Waals surface area (Å²) in [5.41, 5.74) is 1.77. The molecule has 0 aliphatic carbocycles. The minimum absolute atomic E-state index is 0.0505. The number of nitrogens with zero attached hydrogens (tertiary/aromatic N) is 2. The molecule has 2 N–H and O–H groups in total. The molecule has 3 heterocycles. The molecule has 0 saturated carbocycles. The van der Waals surface area contributed by atoms with Crippen LogP contribution in [-0.4, -0.2) is 126 Å². The summed E-state index contributed by atoms with van der Waals surface area (Å²) >= 11 is 0. The molecule has 1 amide bonds. The quantitative estimate of drug-likeness (QED) is 0.156. The molecule has 58 heavy (non-hydrogen) atoms. The number of carbonyl (C=O) groups excluding carboxylic acids is 1. The molecular weight excluding hydrogens is 790 g/mol. The molecule has 0 radical (unpaired) electrons. The van der Waals surface area contributed by atoms with E-state index in [0.29, 0.717) is 49.1 Å². The Bertz CT molecular complexity index is 1950. The molecular formula is C41H56N3O12PS. The van der Waals surface area contributed by atoms with Crippen LogP contribution in [0.2, 0.25) is 0 Å². The molecule has 17 heteroatoms. The van der Waals surface area contributed by atoms with Crippen molar-refractivity contribution >= 4 is 23.5 Å². The lowest BCUT2D eigenvalue weighted by Gasteiger charge is -2.31. The van der Waals surface area contributed by atoms with E-state index in [9.17, 15) is 22.9 Å². The molecule has 15 nitrogen and oxygen atoms in total. The smallest absolute Gasteiger partial charge is 0.407 e. The first-order valence-corrected chi connectivity index (χ1v) is 23.4. The highest BCUT2D eigenvalue weighted by molar-refractivity contribution is 7.89. The molecule has 0 bridgehead atoms. The number of amides is 1. The van der Waals surface area contributed by atoms with E-state index in [0.717, 1.165) is 25.2 Å². The number of alkyl carbamates (subject to hydrolysis) is 1. The van der Waals surface area contributed by atoms with Crippen molar-refractivity contribution in [1.29, 1.82) is 0 Å². The number of sulfonamides is 1. The zero-order valence-corrected chi connectivity index (χ0v) is 35.3. The SMILES string of the molecule is COc1ccc(S(=O)(=O)N(CC(C)C)C[C@@H](O)[C@H](Cc2ccc(OCP(C)(=O)Oc3cccc(CN4CCOCC4)c3)cc2)NC(=O)O[C@H]2CO[C@H]3OCC[C@H]32)cc1. The minimum Gasteiger partial charge on any atom is -0.497 e. The second-order valence-corrected chi connectivity index (χ2v) is 19.8. The van der Waals surface area contributed by atoms with Gasteiger partial charge in [-0.25, -0.2) is 13.2 Å². The first-order valence-electron chi connectivity index (χ1n) is 19.7. The first kappa shape index (κ1) is 43.8. The number of hydrogen-bond donors (Lipinski definition) is 2. The van der Waals surface area contributed by atoms with E-state index in [1.165, 1.54) is 30.2 Å². The van der Waals surface area contributed by atoms with Gasteiger partial charge in [-0.2, -0.15) is 4.31 Å². The maximum Gasteiger partial charge on any atom is 0.407 e. The van der Waals surface area contributed by atoms with Gasteiger partial charge in [0.15, 0.2) is 12.6 Å². The van der Waals surface area contributed by atoms with Gasteiger partial charge in [0.2, 0.25) is 10.0 Å². The Labute approximate surface area is 341 Å². The fourth-order valence-corrected chi connectivity index (χ4v) is 9.82. The molecule has 3 aliphatic rings. The van der Waals surface area contributed by atoms with Crippen LogP contribution in [0.5, 0.6) is 17.2 Å². The largest absolute Gasteiger partial charge is 0.497 e. The standard InChI is InChI=1S/C41H56N3O12PS/c1-29(2)24-44(58(48,49)35-14-12-32(50-3)13-15-35)26-38(45)37(42-41(46)55-39-27-53-40-36(39)16-19-52-40)23-30-8-10-33(11-9-30)54-28-57(4,47)56-34-7-5-6-31(22-34)25-43-17-20-51-21-18-43/h5-15,22,29,36-40,45H,16-21,23-28H2,1-4H3,(H,42,46)/t36-,37-,38+,39-,40+,57?/m0/s1. The second kappa shape index (κ2) is 20.0. The molecule has 6 atom stereocenters. The van der Waals surface area contributed by atoms with E-state index in [1.807, 2.05) is 32.0 Å². The van der Waals surface area contributed by atoms with E-state index in [-0.39, 0.29) is 49.2 Å². The maximum atomic E-state index is 13.9. The van der Waals surface area contributed by atoms with Gasteiger partial charge in [-0.3, -0.25) is 9.46 Å². The van der Waals surface area contributed by atoms with Crippen LogP contribution in [0.4, 0.5) is 4.79 Å². The van der Waals surface area contributed by atoms with Crippen molar-refractivity contribution in [3.8, 4) is 17.2 Å². The van der Waals surface area contributed by atoms with Crippen LogP contribution in [-0.2, 0) is 46.5 Å². The third-order valence-electron chi connectivity index (χ3n) is 10.2. The number of carbonyl (C=O) groups is 1. The van der Waals surface area contributed by atoms with Gasteiger partial charge in [-0.15, -0.1) is 0 Å². The Hall–Kier alpha value is -3.73. The van der Waals surface area contributed by atoms with E-state index in [4.69, 9.17) is 32.9 Å². The summed E-state index contributed by atoms with van der Waals surface area (Å²) in [5, 5.41) is 14.5. The van der Waals surface area contributed by atoms with E-state index in [1.54, 1.807) is 42.5 Å². The summed E-state index contributed by atoms with van der Waals surface area (Å²) in [6.07, 6.45) is -2.39. The van der Waals surface area contributed by atoms with E-state index >= 15 is 0 Å². The Balaban J connectivity index is 1.11. The minimum atomic E-state index is -4.04. The molecule has 6 rings (SSSR count). The topological polar surface area (TPSA) is 172 Å². The number of nitrogens with one attached hydrogen (secondary N) is 1. The third kappa shape index (κ3) is 12.2. The summed E-state index contributed by atoms with van der Waals surface area (Å²) < 4.78 is 81.9. The van der Waals surface area contributed by atoms with Gasteiger partial charge in [0.1, 0.15) is 23.4 Å². The van der Waals surface area contributed by atoms with Crippen molar-refractivity contribution in [2.75, 3.05) is 72.7 Å². The van der Waals surface area contributed by atoms with Crippen LogP contribution in [0, 0.1) is 11.8 Å². The van der Waals surface area contributed by atoms with Gasteiger partial charge >= 0.3 is 6.09 Å². The highest BCUT2D eigenvalue weighted by Gasteiger charge is 2.44. The van der Waals surface area contributed by atoms with Gasteiger partial charge < -0.3 is 43.4 Å². The van der Waals surface area contributed by atoms with Gasteiger partial charge in [0, 0.05) is 39.4 Å². The number of methoxy groups -OCH3 is 1. The Morgan fingerprint density at radius 2 is 1.69 bits per heavy atom. The van der Waals surface area contributed by atoms with Gasteiger partial charge in [-0.1, -0.05) is 38.1 Å². The van der Waals surface area contributed by atoms with Crippen LogP contribution in [0.1, 0.15) is 31.4 Å². The number of ether oxygens (including phenoxy) is 6. The van der Waals surface area contributed by atoms with Crippen LogP contribution in [0.25, 0.3) is 0 Å². The van der Waals surface area contributed by atoms with Gasteiger partial charge in [-0.05, 0) is 78.4 Å². The lowest BCUT2D eigenvalue weighted by molar-refractivity contribution is -0.0907. The molecule has 1 unspecified atom stereocenters. The summed E-state index contributed by atoms with van der Waals surface area (Å²) in [6, 6.07) is 19.6. The number of aliphatic hydroxyl groups is 1. The highest BCUT2D eigenvalue weighted by Crippen LogP contribution is 2.43. The Kier molecular flexibility index (Phi) is 15.1. The summed E-state index contributed by atoms with van der Waals surface area (Å²) in [5.74, 6) is 1.30. The van der Waals surface area contributed by atoms with Crippen LogP contribution >= 0.6 is 7.37 Å². The summed E-state index contributed by atoms with van der Waals surface area (Å²) in [7, 11) is -5.76. The molecule has 3 aromatic carbocycles. The number of rotatable bonds is 19. The molecule has 318 valence electrons. The molecule has 0 spiro atoms. The lowest BCUT2D eigenvalue weighted by Crippen LogP contribution is -2.51.